The van der Waals surface area contributed by atoms with Gasteiger partial charge in [-0.05, 0) is 19.1 Å². The molecule has 0 fully saturated rings. The zero-order chi connectivity index (χ0) is 15.6. The lowest BCUT2D eigenvalue weighted by Crippen LogP contribution is -2.15. The number of carboxylic acid groups (broad SMARTS) is 1. The van der Waals surface area contributed by atoms with Crippen LogP contribution in [0.15, 0.2) is 24.4 Å². The summed E-state index contributed by atoms with van der Waals surface area (Å²) in [5.74, 6) is -1.09. The number of rotatable bonds is 4. The van der Waals surface area contributed by atoms with Gasteiger partial charge in [0.25, 0.3) is 5.91 Å². The van der Waals surface area contributed by atoms with Crippen LogP contribution in [-0.2, 0) is 7.05 Å². The predicted octanol–water partition coefficient (Wildman–Crippen LogP) is 1.69. The Bertz CT molecular complexity index is 706. The molecule has 1 amide bonds. The second-order valence-electron chi connectivity index (χ2n) is 4.47. The molecule has 0 unspecified atom stereocenters. The molecule has 0 spiro atoms. The third-order valence-corrected chi connectivity index (χ3v) is 2.96. The zero-order valence-electron chi connectivity index (χ0n) is 11.9. The number of aromatic carboxylic acids is 1. The molecule has 0 saturated heterocycles. The van der Waals surface area contributed by atoms with E-state index in [1.807, 2.05) is 0 Å². The van der Waals surface area contributed by atoms with Gasteiger partial charge in [0.1, 0.15) is 5.75 Å². The Morgan fingerprint density at radius 1 is 1.33 bits per heavy atom. The van der Waals surface area contributed by atoms with Gasteiger partial charge in [0.2, 0.25) is 0 Å². The molecule has 1 heterocycles. The van der Waals surface area contributed by atoms with E-state index in [-0.39, 0.29) is 11.3 Å². The molecule has 0 radical (unpaired) electrons. The topological polar surface area (TPSA) is 93.5 Å². The molecule has 1 aromatic heterocycles. The Labute approximate surface area is 121 Å². The second kappa shape index (κ2) is 5.66. The van der Waals surface area contributed by atoms with E-state index in [1.165, 1.54) is 30.0 Å². The van der Waals surface area contributed by atoms with Crippen molar-refractivity contribution in [2.24, 2.45) is 7.05 Å². The number of carbonyl (C=O) groups excluding carboxylic acids is 1. The summed E-state index contributed by atoms with van der Waals surface area (Å²) in [6, 6.07) is 4.37. The van der Waals surface area contributed by atoms with Crippen molar-refractivity contribution in [1.82, 2.24) is 9.78 Å². The van der Waals surface area contributed by atoms with Crippen molar-refractivity contribution in [3.63, 3.8) is 0 Å². The number of anilines is 1. The van der Waals surface area contributed by atoms with Crippen LogP contribution < -0.4 is 10.1 Å². The Morgan fingerprint density at radius 2 is 2.05 bits per heavy atom. The minimum Gasteiger partial charge on any atom is -0.497 e. The van der Waals surface area contributed by atoms with E-state index >= 15 is 0 Å². The molecule has 1 aromatic carbocycles. The number of aromatic nitrogens is 2. The van der Waals surface area contributed by atoms with Gasteiger partial charge in [-0.1, -0.05) is 0 Å². The third kappa shape index (κ3) is 3.02. The first-order chi connectivity index (χ1) is 9.92. The van der Waals surface area contributed by atoms with E-state index in [9.17, 15) is 9.59 Å². The van der Waals surface area contributed by atoms with Crippen LogP contribution in [0.2, 0.25) is 0 Å². The summed E-state index contributed by atoms with van der Waals surface area (Å²) >= 11 is 0. The molecule has 0 aliphatic heterocycles. The van der Waals surface area contributed by atoms with Gasteiger partial charge in [0, 0.05) is 19.3 Å². The SMILES string of the molecule is COc1ccc(C(=O)O)c(NC(=O)c2cn(C)nc2C)c1. The van der Waals surface area contributed by atoms with Crippen LogP contribution in [0.1, 0.15) is 26.4 Å². The minimum atomic E-state index is -1.13. The highest BCUT2D eigenvalue weighted by atomic mass is 16.5. The molecule has 7 nitrogen and oxygen atoms in total. The predicted molar refractivity (Wildman–Crippen MR) is 75.9 cm³/mol. The molecule has 2 N–H and O–H groups in total. The van der Waals surface area contributed by atoms with E-state index in [2.05, 4.69) is 10.4 Å². The fourth-order valence-electron chi connectivity index (χ4n) is 1.95. The minimum absolute atomic E-state index is 0.00862. The van der Waals surface area contributed by atoms with E-state index in [1.54, 1.807) is 20.2 Å². The van der Waals surface area contributed by atoms with Crippen molar-refractivity contribution < 1.29 is 19.4 Å². The maximum Gasteiger partial charge on any atom is 0.337 e. The van der Waals surface area contributed by atoms with Crippen LogP contribution in [-0.4, -0.2) is 33.9 Å². The largest absolute Gasteiger partial charge is 0.497 e. The van der Waals surface area contributed by atoms with Gasteiger partial charge in [-0.15, -0.1) is 0 Å². The summed E-state index contributed by atoms with van der Waals surface area (Å²) in [6.45, 7) is 1.71. The van der Waals surface area contributed by atoms with E-state index in [0.29, 0.717) is 17.0 Å². The molecule has 0 saturated carbocycles. The van der Waals surface area contributed by atoms with Gasteiger partial charge in [-0.3, -0.25) is 9.48 Å². The second-order valence-corrected chi connectivity index (χ2v) is 4.47. The first-order valence-electron chi connectivity index (χ1n) is 6.15. The molecule has 2 aromatic rings. The van der Waals surface area contributed by atoms with Crippen LogP contribution in [0.4, 0.5) is 5.69 Å². The quantitative estimate of drug-likeness (QED) is 0.893. The van der Waals surface area contributed by atoms with Gasteiger partial charge >= 0.3 is 5.97 Å². The number of benzene rings is 1. The van der Waals surface area contributed by atoms with Crippen LogP contribution in [0.25, 0.3) is 0 Å². The number of carbonyl (C=O) groups is 2. The zero-order valence-corrected chi connectivity index (χ0v) is 11.9. The van der Waals surface area contributed by atoms with Crippen molar-refractivity contribution in [3.8, 4) is 5.75 Å². The fourth-order valence-corrected chi connectivity index (χ4v) is 1.95. The summed E-state index contributed by atoms with van der Waals surface area (Å²) in [6.07, 6.45) is 1.57. The van der Waals surface area contributed by atoms with E-state index < -0.39 is 11.9 Å². The number of methoxy groups -OCH3 is 1. The first-order valence-corrected chi connectivity index (χ1v) is 6.15. The van der Waals surface area contributed by atoms with Crippen molar-refractivity contribution in [1.29, 1.82) is 0 Å². The monoisotopic (exact) mass is 289 g/mol. The number of amides is 1. The molecule has 7 heteroatoms. The number of ether oxygens (including phenoxy) is 1. The number of carboxylic acids is 1. The van der Waals surface area contributed by atoms with Crippen LogP contribution in [0.5, 0.6) is 5.75 Å². The smallest absolute Gasteiger partial charge is 0.337 e. The highest BCUT2D eigenvalue weighted by molar-refractivity contribution is 6.08. The Hall–Kier alpha value is -2.83. The number of hydrogen-bond acceptors (Lipinski definition) is 4. The molecule has 0 aliphatic rings. The lowest BCUT2D eigenvalue weighted by atomic mass is 10.1. The Balaban J connectivity index is 2.35. The van der Waals surface area contributed by atoms with Crippen LogP contribution in [0, 0.1) is 6.92 Å². The van der Waals surface area contributed by atoms with Crippen LogP contribution in [0.3, 0.4) is 0 Å². The maximum absolute atomic E-state index is 12.2. The average molecular weight is 289 g/mol. The molecule has 2 rings (SSSR count). The van der Waals surface area contributed by atoms with Gasteiger partial charge < -0.3 is 15.2 Å². The molecule has 0 bridgehead atoms. The van der Waals surface area contributed by atoms with Crippen molar-refractivity contribution in [2.45, 2.75) is 6.92 Å². The number of nitrogens with one attached hydrogen (secondary N) is 1. The van der Waals surface area contributed by atoms with E-state index in [4.69, 9.17) is 9.84 Å². The number of hydrogen-bond donors (Lipinski definition) is 2. The number of nitrogens with zero attached hydrogens (tertiary/aromatic N) is 2. The van der Waals surface area contributed by atoms with Gasteiger partial charge in [0.05, 0.1) is 29.6 Å². The van der Waals surface area contributed by atoms with Crippen LogP contribution >= 0.6 is 0 Å². The highest BCUT2D eigenvalue weighted by Crippen LogP contribution is 2.23. The summed E-state index contributed by atoms with van der Waals surface area (Å²) < 4.78 is 6.57. The van der Waals surface area contributed by atoms with Crippen molar-refractivity contribution in [3.05, 3.63) is 41.2 Å². The molecular weight excluding hydrogens is 274 g/mol. The Morgan fingerprint density at radius 3 is 2.57 bits per heavy atom. The van der Waals surface area contributed by atoms with Crippen molar-refractivity contribution >= 4 is 17.6 Å². The third-order valence-electron chi connectivity index (χ3n) is 2.96. The van der Waals surface area contributed by atoms with E-state index in [0.717, 1.165) is 0 Å². The molecule has 21 heavy (non-hydrogen) atoms. The summed E-state index contributed by atoms with van der Waals surface area (Å²) in [4.78, 5) is 23.4. The highest BCUT2D eigenvalue weighted by Gasteiger charge is 2.17. The lowest BCUT2D eigenvalue weighted by Gasteiger charge is -2.10. The summed E-state index contributed by atoms with van der Waals surface area (Å²) in [5.41, 5.74) is 1.12. The summed E-state index contributed by atoms with van der Waals surface area (Å²) in [5, 5.41) is 15.8. The first kappa shape index (κ1) is 14.6. The molecule has 0 aliphatic carbocycles. The number of aryl methyl sites for hydroxylation is 2. The fraction of sp³-hybridized carbons (Fsp3) is 0.214. The maximum atomic E-state index is 12.2. The van der Waals surface area contributed by atoms with Crippen molar-refractivity contribution in [2.75, 3.05) is 12.4 Å². The molecule has 110 valence electrons. The van der Waals surface area contributed by atoms with Gasteiger partial charge in [-0.25, -0.2) is 4.79 Å². The lowest BCUT2D eigenvalue weighted by molar-refractivity contribution is 0.0698. The van der Waals surface area contributed by atoms with Gasteiger partial charge in [-0.2, -0.15) is 5.10 Å². The van der Waals surface area contributed by atoms with Gasteiger partial charge in [0.15, 0.2) is 0 Å². The normalized spacial score (nSPS) is 10.2. The summed E-state index contributed by atoms with van der Waals surface area (Å²) in [7, 11) is 3.17. The molecule has 0 atom stereocenters. The Kier molecular flexibility index (Phi) is 3.93. The standard InChI is InChI=1S/C14H15N3O4/c1-8-11(7-17(2)16-8)13(18)15-12-6-9(21-3)4-5-10(12)14(19)20/h4-7H,1-3H3,(H,15,18)(H,19,20). The average Bonchev–Trinajstić information content (AvgIpc) is 2.77. The molecular formula is C14H15N3O4.